The van der Waals surface area contributed by atoms with Crippen LogP contribution in [0.2, 0.25) is 0 Å². The highest BCUT2D eigenvalue weighted by Gasteiger charge is 2.41. The van der Waals surface area contributed by atoms with Gasteiger partial charge in [-0.05, 0) is 161 Å². The van der Waals surface area contributed by atoms with E-state index in [1.54, 1.807) is 58.0 Å². The van der Waals surface area contributed by atoms with Crippen LogP contribution in [0.5, 0.6) is 0 Å². The van der Waals surface area contributed by atoms with E-state index in [4.69, 9.17) is 11.5 Å². The van der Waals surface area contributed by atoms with Crippen molar-refractivity contribution in [1.82, 2.24) is 53.0 Å². The van der Waals surface area contributed by atoms with Gasteiger partial charge in [0.05, 0.1) is 9.75 Å². The minimum absolute atomic E-state index is 0.0222. The van der Waals surface area contributed by atoms with E-state index >= 15 is 0 Å². The van der Waals surface area contributed by atoms with Crippen LogP contribution in [0.4, 0.5) is 0 Å². The van der Waals surface area contributed by atoms with Crippen molar-refractivity contribution in [2.45, 2.75) is 195 Å². The van der Waals surface area contributed by atoms with Crippen molar-refractivity contribution in [2.75, 3.05) is 19.6 Å². The fraction of sp³-hybridized carbons (Fsp3) is 0.587. The van der Waals surface area contributed by atoms with Crippen molar-refractivity contribution in [1.29, 1.82) is 0 Å². The van der Waals surface area contributed by atoms with Gasteiger partial charge in [0, 0.05) is 22.7 Å². The van der Waals surface area contributed by atoms with Crippen molar-refractivity contribution >= 4 is 92.9 Å². The number of aryl methyl sites for hydroxylation is 2. The number of allylic oxidation sites excluding steroid dienone is 2. The van der Waals surface area contributed by atoms with Crippen LogP contribution in [0.25, 0.3) is 11.1 Å². The van der Waals surface area contributed by atoms with E-state index in [9.17, 15) is 47.9 Å². The number of thiophene rings is 2. The molecule has 0 spiro atoms. The molecule has 8 atom stereocenters. The zero-order valence-electron chi connectivity index (χ0n) is 52.1. The highest BCUT2D eigenvalue weighted by Crippen LogP contribution is 2.45. The number of nitrogens with zero attached hydrogens (tertiary/aromatic N) is 1. The summed E-state index contributed by atoms with van der Waals surface area (Å²) in [5.74, 6) is -7.42. The van der Waals surface area contributed by atoms with Crippen molar-refractivity contribution in [3.8, 4) is 0 Å². The van der Waals surface area contributed by atoms with E-state index < -0.39 is 119 Å². The summed E-state index contributed by atoms with van der Waals surface area (Å²) in [6.45, 7) is 18.9. The predicted molar refractivity (Wildman–Crippen MR) is 337 cm³/mol. The Kier molecular flexibility index (Phi) is 25.6. The van der Waals surface area contributed by atoms with Gasteiger partial charge in [0.25, 0.3) is 17.7 Å². The van der Waals surface area contributed by atoms with Crippen LogP contribution < -0.4 is 59.5 Å². The maximum atomic E-state index is 15.0. The van der Waals surface area contributed by atoms with Crippen LogP contribution in [0, 0.1) is 37.5 Å². The number of carbonyl (C=O) groups is 10. The van der Waals surface area contributed by atoms with Crippen LogP contribution in [0.1, 0.15) is 172 Å². The summed E-state index contributed by atoms with van der Waals surface area (Å²) in [5, 5.41) is 20.0. The quantitative estimate of drug-likeness (QED) is 0.107. The van der Waals surface area contributed by atoms with Crippen LogP contribution in [-0.2, 0) is 44.8 Å². The molecule has 3 aliphatic rings. The smallest absolute Gasteiger partial charge is 0.279 e. The Hall–Kier alpha value is -7.02. The zero-order chi connectivity index (χ0) is 63.8. The minimum Gasteiger partial charge on any atom is -0.343 e. The van der Waals surface area contributed by atoms with E-state index in [-0.39, 0.29) is 70.0 Å². The summed E-state index contributed by atoms with van der Waals surface area (Å²) in [6, 6.07) is 3.37. The third kappa shape index (κ3) is 18.8. The van der Waals surface area contributed by atoms with Gasteiger partial charge in [-0.1, -0.05) is 85.7 Å². The number of hydrogen-bond acceptors (Lipinski definition) is 14. The van der Waals surface area contributed by atoms with Crippen LogP contribution in [0.3, 0.4) is 0 Å². The Balaban J connectivity index is 1.38. The molecule has 4 heterocycles. The van der Waals surface area contributed by atoms with Gasteiger partial charge in [0.15, 0.2) is 0 Å². The van der Waals surface area contributed by atoms with E-state index in [2.05, 4.69) is 48.1 Å². The number of amides is 10. The van der Waals surface area contributed by atoms with E-state index in [0.717, 1.165) is 38.4 Å². The second kappa shape index (κ2) is 32.3. The van der Waals surface area contributed by atoms with Gasteiger partial charge in [0.2, 0.25) is 41.4 Å². The number of fused-ring (bicyclic) bond motifs is 7. The molecular weight excluding hydrogens is 1150 g/mol. The minimum atomic E-state index is -1.23. The van der Waals surface area contributed by atoms with Gasteiger partial charge in [-0.2, -0.15) is 0 Å². The molecule has 13 N–H and O–H groups in total. The molecule has 0 radical (unpaired) electrons. The summed E-state index contributed by atoms with van der Waals surface area (Å²) >= 11 is 2.54. The zero-order valence-corrected chi connectivity index (χ0v) is 53.7. The molecule has 4 bridgehead atoms. The molecule has 1 aromatic carbocycles. The first-order valence-corrected chi connectivity index (χ1v) is 32.4. The van der Waals surface area contributed by atoms with Crippen molar-refractivity contribution in [3.63, 3.8) is 0 Å². The largest absolute Gasteiger partial charge is 0.343 e. The highest BCUT2D eigenvalue weighted by atomic mass is 32.1. The lowest BCUT2D eigenvalue weighted by Gasteiger charge is -2.32. The average molecular weight is 1240 g/mol. The molecule has 0 saturated carbocycles. The first-order valence-electron chi connectivity index (χ1n) is 30.7. The molecule has 22 nitrogen and oxygen atoms in total. The number of nitrogens with two attached hydrogens (primary N) is 2. The van der Waals surface area contributed by atoms with Gasteiger partial charge in [0.1, 0.15) is 48.3 Å². The Morgan fingerprint density at radius 2 is 0.977 bits per heavy atom. The topological polar surface area (TPSA) is 334 Å². The molecule has 10 amide bonds. The maximum Gasteiger partial charge on any atom is 0.279 e. The van der Waals surface area contributed by atoms with Gasteiger partial charge < -0.3 is 53.6 Å². The fourth-order valence-corrected chi connectivity index (χ4v) is 13.3. The van der Waals surface area contributed by atoms with Crippen LogP contribution in [-0.4, -0.2) is 132 Å². The lowest BCUT2D eigenvalue weighted by Crippen LogP contribution is -2.61. The normalized spacial score (nSPS) is 24.0. The summed E-state index contributed by atoms with van der Waals surface area (Å²) in [5.41, 5.74) is 21.4. The predicted octanol–water partition coefficient (Wildman–Crippen LogP) is 4.42. The molecule has 87 heavy (non-hydrogen) atoms. The van der Waals surface area contributed by atoms with Crippen molar-refractivity contribution < 1.29 is 47.9 Å². The average Bonchev–Trinajstić information content (AvgIpc) is 3.86. The molecule has 2 aromatic heterocycles. The summed E-state index contributed by atoms with van der Waals surface area (Å²) < 4.78 is 0. The fourth-order valence-electron chi connectivity index (χ4n) is 11.4. The Morgan fingerprint density at radius 3 is 1.47 bits per heavy atom. The lowest BCUT2D eigenvalue weighted by atomic mass is 9.97. The highest BCUT2D eigenvalue weighted by molar-refractivity contribution is 7.14. The molecule has 0 unspecified atom stereocenters. The third-order valence-electron chi connectivity index (χ3n) is 16.0. The molecule has 6 rings (SSSR count). The number of benzene rings is 1. The first-order chi connectivity index (χ1) is 41.3. The van der Waals surface area contributed by atoms with Crippen molar-refractivity contribution in [3.05, 3.63) is 78.7 Å². The maximum absolute atomic E-state index is 15.0. The monoisotopic (exact) mass is 1240 g/mol. The molecule has 1 fully saturated rings. The first kappa shape index (κ1) is 69.1. The van der Waals surface area contributed by atoms with E-state index in [1.807, 2.05) is 53.7 Å². The van der Waals surface area contributed by atoms with Gasteiger partial charge in [-0.15, -0.1) is 22.7 Å². The lowest BCUT2D eigenvalue weighted by molar-refractivity contribution is -0.143. The summed E-state index contributed by atoms with van der Waals surface area (Å²) in [6.07, 6.45) is 4.10. The molecular formula is C63H92N12O10S2. The number of carbonyl (C=O) groups excluding carboxylic acids is 10. The SMILES string of the molecule is Cc1sc2cc1C1=C(CCC1)c1cc(sc1C)C(=O)N[C@@H](C(C)C)C(=O)N[C@@H](CCCN)C(=O)N[C@@H](CC(C)C)C(=O)N[C@H](Cc1ccccc1)C(=O)N1CCC[C@H]1C(=O)N[C@@H](C(C)C)C(=O)N[C@@H](CCCN)C(=O)N[C@@H](CC(C)C)C(=O)NNC2=O. The summed E-state index contributed by atoms with van der Waals surface area (Å²) in [7, 11) is 0. The van der Waals surface area contributed by atoms with Crippen LogP contribution in [0.15, 0.2) is 42.5 Å². The van der Waals surface area contributed by atoms with E-state index in [1.165, 1.54) is 27.6 Å². The number of hydrazine groups is 1. The molecule has 2 aliphatic heterocycles. The second-order valence-corrected chi connectivity index (χ2v) is 27.2. The molecule has 476 valence electrons. The van der Waals surface area contributed by atoms with Gasteiger partial charge in [-0.3, -0.25) is 58.8 Å². The van der Waals surface area contributed by atoms with Crippen molar-refractivity contribution in [2.24, 2.45) is 35.1 Å². The molecule has 24 heteroatoms. The van der Waals surface area contributed by atoms with E-state index in [0.29, 0.717) is 47.4 Å². The Bertz CT molecular complexity index is 2990. The number of hydrogen-bond donors (Lipinski definition) is 11. The molecule has 1 aliphatic carbocycles. The van der Waals surface area contributed by atoms with Gasteiger partial charge >= 0.3 is 0 Å². The molecule has 3 aromatic rings. The van der Waals surface area contributed by atoms with Gasteiger partial charge in [-0.25, -0.2) is 0 Å². The number of rotatable bonds is 14. The summed E-state index contributed by atoms with van der Waals surface area (Å²) in [4.78, 5) is 147. The Morgan fingerprint density at radius 1 is 0.517 bits per heavy atom. The standard InChI is InChI=1S/C63H92N12O10S2/c1-33(2)28-46-56(78)70-48(30-39-18-12-11-13-19-39)63(85)75-27-17-24-49(75)58(80)71-52(35(5)6)61(83)66-45(23-16-26-65)55(77)69-47(29-34(3)4)57(79)73-74-60(82)51-32-43(38(10)87-51)41-21-14-20-40(41)42-31-50(86-37(42)9)59(81)72-53(36(7)8)62(84)67-44(22-15-25-64)54(76)68-46/h11-13,18-19,31-36,44-49,52-53H,14-17,20-30,64-65H2,1-10H3,(H,66,83)(H,67,84)(H,68,76)(H,69,77)(H,70,78)(H,71,80)(H,72,81)(H,73,79)(H,74,82)/t44-,45-,46-,47-,48+,49-,52-,53-/m0/s1. The second-order valence-electron chi connectivity index (χ2n) is 24.6. The third-order valence-corrected chi connectivity index (χ3v) is 18.1. The van der Waals surface area contributed by atoms with Crippen LogP contribution >= 0.6 is 22.7 Å². The Labute approximate surface area is 519 Å². The molecule has 1 saturated heterocycles. The number of nitrogens with one attached hydrogen (secondary N) is 9.